The first kappa shape index (κ1) is 18.0. The van der Waals surface area contributed by atoms with E-state index in [4.69, 9.17) is 4.74 Å². The smallest absolute Gasteiger partial charge is 0.125 e. The first-order chi connectivity index (χ1) is 12.1. The summed E-state index contributed by atoms with van der Waals surface area (Å²) in [7, 11) is 0. The van der Waals surface area contributed by atoms with E-state index in [2.05, 4.69) is 51.4 Å². The number of aromatic nitrogens is 2. The number of nitrogens with zero attached hydrogens (tertiary/aromatic N) is 3. The predicted molar refractivity (Wildman–Crippen MR) is 99.5 cm³/mol. The second-order valence-corrected chi connectivity index (χ2v) is 6.74. The van der Waals surface area contributed by atoms with Gasteiger partial charge in [-0.3, -0.25) is 4.90 Å². The SMILES string of the molecule is Cc1cccc(C(CNCc2cnc(C)nc2C)N2CCOCC2)c1. The van der Waals surface area contributed by atoms with Gasteiger partial charge in [0.25, 0.3) is 0 Å². The maximum absolute atomic E-state index is 5.53. The Morgan fingerprint density at radius 2 is 2.00 bits per heavy atom. The molecule has 1 aliphatic rings. The highest BCUT2D eigenvalue weighted by Gasteiger charge is 2.22. The Kier molecular flexibility index (Phi) is 6.13. The van der Waals surface area contributed by atoms with Gasteiger partial charge in [0.05, 0.1) is 13.2 Å². The zero-order valence-corrected chi connectivity index (χ0v) is 15.5. The van der Waals surface area contributed by atoms with Crippen LogP contribution in [-0.4, -0.2) is 47.7 Å². The van der Waals surface area contributed by atoms with E-state index in [0.717, 1.165) is 56.5 Å². The number of ether oxygens (including phenoxy) is 1. The summed E-state index contributed by atoms with van der Waals surface area (Å²) in [6, 6.07) is 9.18. The zero-order chi connectivity index (χ0) is 17.6. The lowest BCUT2D eigenvalue weighted by Crippen LogP contribution is -2.42. The van der Waals surface area contributed by atoms with Gasteiger partial charge in [0, 0.05) is 49.7 Å². The van der Waals surface area contributed by atoms with Gasteiger partial charge in [0.1, 0.15) is 5.82 Å². The molecule has 2 aromatic rings. The molecule has 5 nitrogen and oxygen atoms in total. The van der Waals surface area contributed by atoms with Crippen molar-refractivity contribution in [2.75, 3.05) is 32.8 Å². The number of nitrogens with one attached hydrogen (secondary N) is 1. The van der Waals surface area contributed by atoms with E-state index in [-0.39, 0.29) is 0 Å². The molecule has 0 aliphatic carbocycles. The van der Waals surface area contributed by atoms with E-state index in [1.807, 2.05) is 20.0 Å². The molecule has 1 fully saturated rings. The number of aryl methyl sites for hydroxylation is 3. The van der Waals surface area contributed by atoms with Gasteiger partial charge in [-0.2, -0.15) is 0 Å². The number of morpholine rings is 1. The van der Waals surface area contributed by atoms with E-state index in [9.17, 15) is 0 Å². The van der Waals surface area contributed by atoms with Crippen LogP contribution in [0.3, 0.4) is 0 Å². The number of hydrogen-bond acceptors (Lipinski definition) is 5. The van der Waals surface area contributed by atoms with E-state index in [0.29, 0.717) is 6.04 Å². The summed E-state index contributed by atoms with van der Waals surface area (Å²) < 4.78 is 5.53. The largest absolute Gasteiger partial charge is 0.379 e. The van der Waals surface area contributed by atoms with Gasteiger partial charge >= 0.3 is 0 Å². The van der Waals surface area contributed by atoms with Crippen molar-refractivity contribution in [3.8, 4) is 0 Å². The van der Waals surface area contributed by atoms with Gasteiger partial charge in [-0.25, -0.2) is 9.97 Å². The van der Waals surface area contributed by atoms with Crippen LogP contribution in [-0.2, 0) is 11.3 Å². The Morgan fingerprint density at radius 3 is 2.72 bits per heavy atom. The summed E-state index contributed by atoms with van der Waals surface area (Å²) in [5, 5.41) is 3.61. The molecular formula is C20H28N4O. The number of rotatable bonds is 6. The minimum Gasteiger partial charge on any atom is -0.379 e. The fourth-order valence-corrected chi connectivity index (χ4v) is 3.35. The Bertz CT molecular complexity index is 698. The molecule has 5 heteroatoms. The van der Waals surface area contributed by atoms with E-state index >= 15 is 0 Å². The molecule has 0 bridgehead atoms. The fourth-order valence-electron chi connectivity index (χ4n) is 3.35. The van der Waals surface area contributed by atoms with Crippen molar-refractivity contribution < 1.29 is 4.74 Å². The zero-order valence-electron chi connectivity index (χ0n) is 15.5. The lowest BCUT2D eigenvalue weighted by atomic mass is 10.0. The van der Waals surface area contributed by atoms with Gasteiger partial charge < -0.3 is 10.1 Å². The maximum atomic E-state index is 5.53. The van der Waals surface area contributed by atoms with Crippen molar-refractivity contribution in [2.45, 2.75) is 33.4 Å². The predicted octanol–water partition coefficient (Wildman–Crippen LogP) is 2.56. The van der Waals surface area contributed by atoms with Crippen LogP contribution >= 0.6 is 0 Å². The molecule has 1 N–H and O–H groups in total. The molecule has 0 saturated carbocycles. The average molecular weight is 340 g/mol. The first-order valence-corrected chi connectivity index (χ1v) is 9.01. The molecular weight excluding hydrogens is 312 g/mol. The van der Waals surface area contributed by atoms with Crippen molar-refractivity contribution in [1.29, 1.82) is 0 Å². The van der Waals surface area contributed by atoms with E-state index < -0.39 is 0 Å². The third-order valence-electron chi connectivity index (χ3n) is 4.77. The number of hydrogen-bond donors (Lipinski definition) is 1. The van der Waals surface area contributed by atoms with Gasteiger partial charge in [-0.05, 0) is 26.3 Å². The molecule has 25 heavy (non-hydrogen) atoms. The Labute approximate surface area is 150 Å². The fraction of sp³-hybridized carbons (Fsp3) is 0.500. The quantitative estimate of drug-likeness (QED) is 0.876. The van der Waals surface area contributed by atoms with E-state index in [1.165, 1.54) is 11.1 Å². The molecule has 1 atom stereocenters. The van der Waals surface area contributed by atoms with Gasteiger partial charge in [0.2, 0.25) is 0 Å². The second-order valence-electron chi connectivity index (χ2n) is 6.74. The van der Waals surface area contributed by atoms with Crippen LogP contribution in [0.15, 0.2) is 30.5 Å². The summed E-state index contributed by atoms with van der Waals surface area (Å²) in [4.78, 5) is 11.3. The molecule has 0 amide bonds. The molecule has 0 radical (unpaired) electrons. The molecule has 1 aromatic heterocycles. The van der Waals surface area contributed by atoms with Crippen LogP contribution in [0.5, 0.6) is 0 Å². The lowest BCUT2D eigenvalue weighted by molar-refractivity contribution is 0.0161. The molecule has 1 aromatic carbocycles. The van der Waals surface area contributed by atoms with Gasteiger partial charge in [-0.15, -0.1) is 0 Å². The minimum atomic E-state index is 0.357. The molecule has 1 aliphatic heterocycles. The topological polar surface area (TPSA) is 50.3 Å². The molecule has 1 saturated heterocycles. The second kappa shape index (κ2) is 8.52. The third-order valence-corrected chi connectivity index (χ3v) is 4.77. The lowest BCUT2D eigenvalue weighted by Gasteiger charge is -2.35. The number of benzene rings is 1. The van der Waals surface area contributed by atoms with Crippen molar-refractivity contribution >= 4 is 0 Å². The summed E-state index contributed by atoms with van der Waals surface area (Å²) in [6.07, 6.45) is 1.93. The molecule has 1 unspecified atom stereocenters. The Morgan fingerprint density at radius 1 is 1.20 bits per heavy atom. The van der Waals surface area contributed by atoms with Crippen LogP contribution in [0.25, 0.3) is 0 Å². The highest BCUT2D eigenvalue weighted by atomic mass is 16.5. The molecule has 134 valence electrons. The van der Waals surface area contributed by atoms with Crippen LogP contribution in [0.4, 0.5) is 0 Å². The minimum absolute atomic E-state index is 0.357. The van der Waals surface area contributed by atoms with Gasteiger partial charge in [-0.1, -0.05) is 29.8 Å². The third kappa shape index (κ3) is 4.84. The van der Waals surface area contributed by atoms with Crippen LogP contribution < -0.4 is 5.32 Å². The molecule has 2 heterocycles. The van der Waals surface area contributed by atoms with Crippen molar-refractivity contribution in [1.82, 2.24) is 20.2 Å². The van der Waals surface area contributed by atoms with Gasteiger partial charge in [0.15, 0.2) is 0 Å². The monoisotopic (exact) mass is 340 g/mol. The standard InChI is InChI=1S/C20H28N4O/c1-15-5-4-6-18(11-15)20(24-7-9-25-10-8-24)14-21-12-19-13-22-17(3)23-16(19)2/h4-6,11,13,20-21H,7-10,12,14H2,1-3H3. The van der Waals surface area contributed by atoms with Crippen LogP contribution in [0.2, 0.25) is 0 Å². The highest BCUT2D eigenvalue weighted by Crippen LogP contribution is 2.22. The Hall–Kier alpha value is -1.82. The summed E-state index contributed by atoms with van der Waals surface area (Å²) >= 11 is 0. The van der Waals surface area contributed by atoms with Crippen LogP contribution in [0, 0.1) is 20.8 Å². The van der Waals surface area contributed by atoms with Crippen molar-refractivity contribution in [2.24, 2.45) is 0 Å². The normalized spacial score (nSPS) is 16.8. The summed E-state index contributed by atoms with van der Waals surface area (Å²) in [5.41, 5.74) is 4.89. The molecule has 3 rings (SSSR count). The molecule has 0 spiro atoms. The van der Waals surface area contributed by atoms with E-state index in [1.54, 1.807) is 0 Å². The van der Waals surface area contributed by atoms with Crippen molar-refractivity contribution in [3.05, 3.63) is 58.7 Å². The average Bonchev–Trinajstić information content (AvgIpc) is 2.61. The summed E-state index contributed by atoms with van der Waals surface area (Å²) in [5.74, 6) is 0.826. The first-order valence-electron chi connectivity index (χ1n) is 9.01. The summed E-state index contributed by atoms with van der Waals surface area (Å²) in [6.45, 7) is 11.4. The van der Waals surface area contributed by atoms with Crippen LogP contribution in [0.1, 0.15) is 34.3 Å². The highest BCUT2D eigenvalue weighted by molar-refractivity contribution is 5.26. The van der Waals surface area contributed by atoms with Crippen molar-refractivity contribution in [3.63, 3.8) is 0 Å². The maximum Gasteiger partial charge on any atom is 0.125 e. The Balaban J connectivity index is 1.69.